The summed E-state index contributed by atoms with van der Waals surface area (Å²) in [5.41, 5.74) is 4.37. The van der Waals surface area contributed by atoms with Crippen molar-refractivity contribution in [3.8, 4) is 5.75 Å². The van der Waals surface area contributed by atoms with E-state index in [1.807, 2.05) is 12.1 Å². The second-order valence-corrected chi connectivity index (χ2v) is 5.43. The zero-order chi connectivity index (χ0) is 13.8. The first kappa shape index (κ1) is 13.2. The van der Waals surface area contributed by atoms with Gasteiger partial charge in [0.05, 0.1) is 7.11 Å². The van der Waals surface area contributed by atoms with E-state index < -0.39 is 0 Å². The average Bonchev–Trinajstić information content (AvgIpc) is 2.90. The highest BCUT2D eigenvalue weighted by Gasteiger charge is 2.19. The first-order valence-corrected chi connectivity index (χ1v) is 7.28. The zero-order valence-electron chi connectivity index (χ0n) is 11.9. The molecule has 0 fully saturated rings. The van der Waals surface area contributed by atoms with Crippen molar-refractivity contribution in [2.24, 2.45) is 0 Å². The summed E-state index contributed by atoms with van der Waals surface area (Å²) < 4.78 is 5.18. The van der Waals surface area contributed by atoms with Gasteiger partial charge in [0.1, 0.15) is 5.75 Å². The molecule has 0 bridgehead atoms. The van der Waals surface area contributed by atoms with Crippen molar-refractivity contribution in [3.63, 3.8) is 0 Å². The molecular weight excluding hydrogens is 246 g/mol. The highest BCUT2D eigenvalue weighted by Crippen LogP contribution is 2.21. The lowest BCUT2D eigenvalue weighted by Crippen LogP contribution is -2.31. The molecule has 2 aromatic rings. The van der Waals surface area contributed by atoms with Crippen LogP contribution < -0.4 is 10.1 Å². The van der Waals surface area contributed by atoms with E-state index in [1.54, 1.807) is 7.11 Å². The van der Waals surface area contributed by atoms with Gasteiger partial charge in [-0.2, -0.15) is 0 Å². The molecule has 2 heteroatoms. The molecule has 0 amide bonds. The Balaban J connectivity index is 1.47. The summed E-state index contributed by atoms with van der Waals surface area (Å²) in [6, 6.07) is 17.7. The zero-order valence-corrected chi connectivity index (χ0v) is 11.9. The highest BCUT2D eigenvalue weighted by atomic mass is 16.5. The van der Waals surface area contributed by atoms with Gasteiger partial charge in [0.15, 0.2) is 0 Å². The van der Waals surface area contributed by atoms with Crippen molar-refractivity contribution in [3.05, 3.63) is 65.2 Å². The Morgan fingerprint density at radius 1 is 1.00 bits per heavy atom. The lowest BCUT2D eigenvalue weighted by Gasteiger charge is -2.12. The number of fused-ring (bicyclic) bond motifs is 1. The molecule has 1 aliphatic carbocycles. The normalized spacial score (nSPS) is 14.2. The van der Waals surface area contributed by atoms with E-state index in [9.17, 15) is 0 Å². The second-order valence-electron chi connectivity index (χ2n) is 5.43. The topological polar surface area (TPSA) is 21.3 Å². The first-order valence-electron chi connectivity index (χ1n) is 7.28. The monoisotopic (exact) mass is 267 g/mol. The van der Waals surface area contributed by atoms with E-state index in [2.05, 4.69) is 41.7 Å². The molecule has 2 aromatic carbocycles. The predicted octanol–water partition coefficient (Wildman–Crippen LogP) is 2.99. The molecule has 0 radical (unpaired) electrons. The lowest BCUT2D eigenvalue weighted by molar-refractivity contribution is 0.414. The number of hydrogen-bond acceptors (Lipinski definition) is 2. The summed E-state index contributed by atoms with van der Waals surface area (Å²) in [4.78, 5) is 0. The lowest BCUT2D eigenvalue weighted by atomic mass is 10.1. The van der Waals surface area contributed by atoms with Crippen LogP contribution in [0.1, 0.15) is 16.7 Å². The van der Waals surface area contributed by atoms with E-state index in [0.717, 1.165) is 18.7 Å². The molecule has 1 aliphatic rings. The molecule has 0 heterocycles. The van der Waals surface area contributed by atoms with Gasteiger partial charge in [0.2, 0.25) is 0 Å². The fraction of sp³-hybridized carbons (Fsp3) is 0.333. The van der Waals surface area contributed by atoms with E-state index in [4.69, 9.17) is 4.74 Å². The van der Waals surface area contributed by atoms with E-state index in [1.165, 1.54) is 29.5 Å². The fourth-order valence-corrected chi connectivity index (χ4v) is 2.92. The summed E-state index contributed by atoms with van der Waals surface area (Å²) in [6.07, 6.45) is 3.40. The molecule has 0 unspecified atom stereocenters. The summed E-state index contributed by atoms with van der Waals surface area (Å²) in [5.74, 6) is 0.924. The van der Waals surface area contributed by atoms with Crippen LogP contribution in [0.25, 0.3) is 0 Å². The van der Waals surface area contributed by atoms with Crippen LogP contribution in [0.4, 0.5) is 0 Å². The first-order chi connectivity index (χ1) is 9.85. The summed E-state index contributed by atoms with van der Waals surface area (Å²) >= 11 is 0. The van der Waals surface area contributed by atoms with Crippen LogP contribution in [0.15, 0.2) is 48.5 Å². The average molecular weight is 267 g/mol. The highest BCUT2D eigenvalue weighted by molar-refractivity contribution is 5.33. The van der Waals surface area contributed by atoms with Crippen LogP contribution in [0.5, 0.6) is 5.75 Å². The van der Waals surface area contributed by atoms with Gasteiger partial charge in [-0.1, -0.05) is 36.4 Å². The van der Waals surface area contributed by atoms with Crippen molar-refractivity contribution >= 4 is 0 Å². The molecule has 20 heavy (non-hydrogen) atoms. The van der Waals surface area contributed by atoms with E-state index >= 15 is 0 Å². The molecular formula is C18H21NO. The van der Waals surface area contributed by atoms with Crippen molar-refractivity contribution in [2.75, 3.05) is 13.7 Å². The summed E-state index contributed by atoms with van der Waals surface area (Å²) in [7, 11) is 1.70. The van der Waals surface area contributed by atoms with Gasteiger partial charge >= 0.3 is 0 Å². The van der Waals surface area contributed by atoms with Gasteiger partial charge in [-0.15, -0.1) is 0 Å². The number of ether oxygens (including phenoxy) is 1. The van der Waals surface area contributed by atoms with Crippen molar-refractivity contribution < 1.29 is 4.74 Å². The van der Waals surface area contributed by atoms with E-state index in [0.29, 0.717) is 6.04 Å². The molecule has 1 N–H and O–H groups in total. The van der Waals surface area contributed by atoms with Crippen LogP contribution in [0.2, 0.25) is 0 Å². The van der Waals surface area contributed by atoms with Crippen LogP contribution in [0, 0.1) is 0 Å². The molecule has 0 saturated heterocycles. The van der Waals surface area contributed by atoms with Gasteiger partial charge in [-0.25, -0.2) is 0 Å². The van der Waals surface area contributed by atoms with Crippen molar-refractivity contribution in [1.82, 2.24) is 5.32 Å². The van der Waals surface area contributed by atoms with Crippen molar-refractivity contribution in [1.29, 1.82) is 0 Å². The third kappa shape index (κ3) is 3.02. The number of nitrogens with one attached hydrogen (secondary N) is 1. The number of benzene rings is 2. The minimum Gasteiger partial charge on any atom is -0.497 e. The van der Waals surface area contributed by atoms with Gasteiger partial charge < -0.3 is 10.1 Å². The predicted molar refractivity (Wildman–Crippen MR) is 82.3 cm³/mol. The Morgan fingerprint density at radius 3 is 2.25 bits per heavy atom. The molecule has 0 spiro atoms. The van der Waals surface area contributed by atoms with Gasteiger partial charge in [0, 0.05) is 6.04 Å². The largest absolute Gasteiger partial charge is 0.497 e. The molecule has 2 nitrogen and oxygen atoms in total. The third-order valence-corrected chi connectivity index (χ3v) is 4.06. The SMILES string of the molecule is COc1ccc(CCNC2Cc3ccccc3C2)cc1. The summed E-state index contributed by atoms with van der Waals surface area (Å²) in [6.45, 7) is 1.03. The minimum atomic E-state index is 0.602. The fourth-order valence-electron chi connectivity index (χ4n) is 2.92. The molecule has 0 atom stereocenters. The number of methoxy groups -OCH3 is 1. The van der Waals surface area contributed by atoms with Gasteiger partial charge in [-0.3, -0.25) is 0 Å². The molecule has 0 saturated carbocycles. The standard InChI is InChI=1S/C18H21NO/c1-20-18-8-6-14(7-9-18)10-11-19-17-12-15-4-2-3-5-16(15)13-17/h2-9,17,19H,10-13H2,1H3. The molecule has 0 aliphatic heterocycles. The number of rotatable bonds is 5. The van der Waals surface area contributed by atoms with Crippen LogP contribution in [-0.4, -0.2) is 19.7 Å². The van der Waals surface area contributed by atoms with Crippen LogP contribution in [0.3, 0.4) is 0 Å². The maximum Gasteiger partial charge on any atom is 0.118 e. The quantitative estimate of drug-likeness (QED) is 0.899. The maximum absolute atomic E-state index is 5.18. The minimum absolute atomic E-state index is 0.602. The Hall–Kier alpha value is -1.80. The smallest absolute Gasteiger partial charge is 0.118 e. The van der Waals surface area contributed by atoms with Gasteiger partial charge in [0.25, 0.3) is 0 Å². The molecule has 3 rings (SSSR count). The molecule has 0 aromatic heterocycles. The Kier molecular flexibility index (Phi) is 4.03. The van der Waals surface area contributed by atoms with Crippen LogP contribution >= 0.6 is 0 Å². The Bertz CT molecular complexity index is 537. The summed E-state index contributed by atoms with van der Waals surface area (Å²) in [5, 5.41) is 3.67. The third-order valence-electron chi connectivity index (χ3n) is 4.06. The maximum atomic E-state index is 5.18. The van der Waals surface area contributed by atoms with Crippen LogP contribution in [-0.2, 0) is 19.3 Å². The van der Waals surface area contributed by atoms with Gasteiger partial charge in [-0.05, 0) is 54.6 Å². The Morgan fingerprint density at radius 2 is 1.65 bits per heavy atom. The van der Waals surface area contributed by atoms with E-state index in [-0.39, 0.29) is 0 Å². The number of hydrogen-bond donors (Lipinski definition) is 1. The Labute approximate surface area is 120 Å². The second kappa shape index (κ2) is 6.10. The molecule has 104 valence electrons. The van der Waals surface area contributed by atoms with Crippen molar-refractivity contribution in [2.45, 2.75) is 25.3 Å².